The van der Waals surface area contributed by atoms with Crippen molar-refractivity contribution < 1.29 is 96.3 Å². The minimum atomic E-state index is -5.15. The molecule has 0 spiro atoms. The summed E-state index contributed by atoms with van der Waals surface area (Å²) in [5.41, 5.74) is 0. The third-order valence-corrected chi connectivity index (χ3v) is 6.90. The Balaban J connectivity index is -0.000000701. The Labute approximate surface area is 243 Å². The molecular weight excluding hydrogens is 478 g/mol. The topological polar surface area (TPSA) is 127 Å². The molecule has 0 bridgehead atoms. The van der Waals surface area contributed by atoms with E-state index >= 15 is 0 Å². The van der Waals surface area contributed by atoms with Crippen LogP contribution in [-0.2, 0) is 28.6 Å². The van der Waals surface area contributed by atoms with Crippen LogP contribution in [-0.4, -0.2) is 39.7 Å². The second kappa shape index (κ2) is 24.4. The predicted molar refractivity (Wildman–Crippen MR) is 120 cm³/mol. The maximum absolute atomic E-state index is 11.3. The Morgan fingerprint density at radius 3 is 1.50 bits per heavy atom. The van der Waals surface area contributed by atoms with Gasteiger partial charge < -0.3 is 7.96 Å². The summed E-state index contributed by atoms with van der Waals surface area (Å²) in [5.74, 6) is -0.230. The fraction of sp³-hybridized carbons (Fsp3) is 1.00. The molecule has 0 aliphatic rings. The van der Waals surface area contributed by atoms with Crippen molar-refractivity contribution in [3.8, 4) is 0 Å². The van der Waals surface area contributed by atoms with Gasteiger partial charge in [0.15, 0.2) is 0 Å². The van der Waals surface area contributed by atoms with E-state index in [1.165, 1.54) is 70.6 Å². The van der Waals surface area contributed by atoms with Gasteiger partial charge in [0.1, 0.15) is 0 Å². The third kappa shape index (κ3) is 28.0. The Morgan fingerprint density at radius 2 is 1.12 bits per heavy atom. The van der Waals surface area contributed by atoms with Gasteiger partial charge in [0, 0.05) is 6.61 Å². The molecular formula is C20H44Na2O8S2. The summed E-state index contributed by atoms with van der Waals surface area (Å²) in [4.78, 5) is 0. The Morgan fingerprint density at radius 1 is 0.719 bits per heavy atom. The molecule has 0 aromatic heterocycles. The first-order valence-corrected chi connectivity index (χ1v) is 14.1. The van der Waals surface area contributed by atoms with E-state index in [0.717, 1.165) is 19.3 Å². The number of aliphatic hydroxyl groups is 1. The van der Waals surface area contributed by atoms with Crippen molar-refractivity contribution >= 4 is 20.8 Å². The van der Waals surface area contributed by atoms with Gasteiger partial charge >= 0.3 is 79.9 Å². The van der Waals surface area contributed by atoms with Gasteiger partial charge in [0.2, 0.25) is 0 Å². The third-order valence-electron chi connectivity index (χ3n) is 5.12. The number of unbranched alkanes of at least 4 members (excludes halogenated alkanes) is 13. The van der Waals surface area contributed by atoms with Crippen LogP contribution in [0.1, 0.15) is 113 Å². The van der Waals surface area contributed by atoms with Crippen molar-refractivity contribution in [2.75, 3.05) is 13.2 Å². The van der Waals surface area contributed by atoms with Crippen LogP contribution >= 0.6 is 0 Å². The molecule has 0 aliphatic heterocycles. The molecule has 0 heterocycles. The first kappa shape index (κ1) is 38.3. The van der Waals surface area contributed by atoms with Crippen molar-refractivity contribution in [1.29, 1.82) is 0 Å². The van der Waals surface area contributed by atoms with E-state index < -0.39 is 20.8 Å². The molecule has 0 aliphatic carbocycles. The van der Waals surface area contributed by atoms with E-state index in [2.05, 4.69) is 14.7 Å². The minimum Gasteiger partial charge on any atom is -1.00 e. The average molecular weight is 523 g/mol. The second-order valence-corrected chi connectivity index (χ2v) is 10.4. The predicted octanol–water partition coefficient (Wildman–Crippen LogP) is -0.830. The average Bonchev–Trinajstić information content (AvgIpc) is 2.64. The molecule has 0 rings (SSSR count). The van der Waals surface area contributed by atoms with Gasteiger partial charge in [0.25, 0.3) is 0 Å². The number of hydrogen-bond donors (Lipinski definition) is 2. The largest absolute Gasteiger partial charge is 1.00 e. The molecule has 8 nitrogen and oxygen atoms in total. The van der Waals surface area contributed by atoms with Gasteiger partial charge in [-0.25, -0.2) is 4.18 Å². The van der Waals surface area contributed by atoms with E-state index in [-0.39, 0.29) is 81.1 Å². The zero-order valence-corrected chi connectivity index (χ0v) is 26.1. The number of aliphatic hydroxyl groups excluding tert-OH is 1. The summed E-state index contributed by atoms with van der Waals surface area (Å²) in [6, 6.07) is 0. The molecule has 12 heteroatoms. The summed E-state index contributed by atoms with van der Waals surface area (Å²) in [5, 5.41) is 9.10. The van der Waals surface area contributed by atoms with Crippen LogP contribution in [0.2, 0.25) is 0 Å². The van der Waals surface area contributed by atoms with Crippen molar-refractivity contribution in [3.63, 3.8) is 0 Å². The van der Waals surface area contributed by atoms with Gasteiger partial charge in [-0.15, -0.1) is 3.63 Å². The molecule has 1 unspecified atom stereocenters. The summed E-state index contributed by atoms with van der Waals surface area (Å²) < 4.78 is 60.0. The maximum Gasteiger partial charge on any atom is 1.00 e. The van der Waals surface area contributed by atoms with Crippen LogP contribution in [0.5, 0.6) is 0 Å². The second-order valence-electron chi connectivity index (χ2n) is 7.95. The zero-order chi connectivity index (χ0) is 22.7. The maximum atomic E-state index is 11.3. The minimum absolute atomic E-state index is 0. The molecule has 32 heavy (non-hydrogen) atoms. The van der Waals surface area contributed by atoms with Crippen LogP contribution in [0.3, 0.4) is 0 Å². The van der Waals surface area contributed by atoms with Crippen LogP contribution in [0.25, 0.3) is 0 Å². The summed E-state index contributed by atoms with van der Waals surface area (Å²) in [7, 11) is -9.98. The smallest absolute Gasteiger partial charge is 1.00 e. The monoisotopic (exact) mass is 522 g/mol. The van der Waals surface area contributed by atoms with E-state index in [4.69, 9.17) is 9.66 Å². The quantitative estimate of drug-likeness (QED) is 0.107. The molecule has 0 fully saturated rings. The van der Waals surface area contributed by atoms with E-state index in [1.807, 2.05) is 0 Å². The van der Waals surface area contributed by atoms with E-state index in [0.29, 0.717) is 12.8 Å². The molecule has 0 amide bonds. The molecule has 0 aromatic carbocycles. The molecule has 0 radical (unpaired) electrons. The van der Waals surface area contributed by atoms with Crippen molar-refractivity contribution in [2.24, 2.45) is 5.92 Å². The molecule has 1 atom stereocenters. The fourth-order valence-electron chi connectivity index (χ4n) is 3.43. The van der Waals surface area contributed by atoms with Crippen LogP contribution in [0, 0.1) is 5.92 Å². The van der Waals surface area contributed by atoms with Gasteiger partial charge in [-0.05, 0) is 18.8 Å². The van der Waals surface area contributed by atoms with E-state index in [9.17, 15) is 16.8 Å². The standard InChI is InChI=1S/C20H42O8S2.2Na.2H/c1-2-3-4-5-6-7-8-9-10-11-12-13-14-15-16-20(17-18-21)19-27-30(25,26)28-29(22,23)24;;;;/h20-21H,2-19H2,1H3,(H,22,23,24);;;;/q;2*+1;2*-1. The van der Waals surface area contributed by atoms with Gasteiger partial charge in [0.05, 0.1) is 6.61 Å². The van der Waals surface area contributed by atoms with Gasteiger partial charge in [-0.3, -0.25) is 4.55 Å². The van der Waals surface area contributed by atoms with Crippen molar-refractivity contribution in [2.45, 2.75) is 110 Å². The Hall–Kier alpha value is 1.74. The summed E-state index contributed by atoms with van der Waals surface area (Å²) >= 11 is 0. The zero-order valence-electron chi connectivity index (χ0n) is 22.5. The van der Waals surface area contributed by atoms with Crippen LogP contribution < -0.4 is 59.1 Å². The molecule has 0 saturated carbocycles. The van der Waals surface area contributed by atoms with Gasteiger partial charge in [-0.2, -0.15) is 16.8 Å². The van der Waals surface area contributed by atoms with Gasteiger partial charge in [-0.1, -0.05) is 96.8 Å². The molecule has 186 valence electrons. The number of hydrogen-bond acceptors (Lipinski definition) is 7. The van der Waals surface area contributed by atoms with E-state index in [1.54, 1.807) is 0 Å². The van der Waals surface area contributed by atoms with Crippen LogP contribution in [0.15, 0.2) is 0 Å². The fourth-order valence-corrected chi connectivity index (χ4v) is 4.78. The van der Waals surface area contributed by atoms with Crippen molar-refractivity contribution in [1.82, 2.24) is 0 Å². The Bertz CT molecular complexity index is 612. The normalized spacial score (nSPS) is 12.7. The number of rotatable bonds is 22. The Kier molecular flexibility index (Phi) is 29.2. The summed E-state index contributed by atoms with van der Waals surface area (Å²) in [6.07, 6.45) is 18.5. The molecule has 2 N–H and O–H groups in total. The SMILES string of the molecule is CCCCCCCCCCCCCCCCC(CCO)COS(=O)(=O)OS(=O)(=O)O.[H-].[H-].[Na+].[Na+]. The summed E-state index contributed by atoms with van der Waals surface area (Å²) in [6.45, 7) is 1.82. The van der Waals surface area contributed by atoms with Crippen molar-refractivity contribution in [3.05, 3.63) is 0 Å². The molecule has 0 aromatic rings. The first-order valence-electron chi connectivity index (χ1n) is 11.4. The molecule has 0 saturated heterocycles. The van der Waals surface area contributed by atoms with Crippen LogP contribution in [0.4, 0.5) is 0 Å². The first-order chi connectivity index (χ1) is 14.2.